The Morgan fingerprint density at radius 1 is 1.12 bits per heavy atom. The van der Waals surface area contributed by atoms with E-state index in [2.05, 4.69) is 0 Å². The standard InChI is InChI=1S/C11H24ClNO2S/c1-10(2,3)16(14,15)8-7-13(6)11(4,5)9-12/h7-9H2,1-6H3. The van der Waals surface area contributed by atoms with Crippen LogP contribution in [-0.2, 0) is 9.84 Å². The van der Waals surface area contributed by atoms with Gasteiger partial charge in [0.25, 0.3) is 0 Å². The van der Waals surface area contributed by atoms with Gasteiger partial charge in [0.05, 0.1) is 10.5 Å². The first-order valence-electron chi connectivity index (χ1n) is 5.43. The van der Waals surface area contributed by atoms with Crippen LogP contribution < -0.4 is 0 Å². The van der Waals surface area contributed by atoms with Crippen LogP contribution in [0.25, 0.3) is 0 Å². The van der Waals surface area contributed by atoms with Crippen LogP contribution in [0.5, 0.6) is 0 Å². The van der Waals surface area contributed by atoms with Gasteiger partial charge in [0.2, 0.25) is 0 Å². The summed E-state index contributed by atoms with van der Waals surface area (Å²) in [5, 5.41) is 0. The molecule has 3 nitrogen and oxygen atoms in total. The molecule has 16 heavy (non-hydrogen) atoms. The molecule has 0 aliphatic rings. The van der Waals surface area contributed by atoms with Gasteiger partial charge in [0, 0.05) is 18.0 Å². The number of rotatable bonds is 5. The van der Waals surface area contributed by atoms with Crippen molar-refractivity contribution >= 4 is 21.4 Å². The molecule has 0 saturated heterocycles. The van der Waals surface area contributed by atoms with Crippen LogP contribution in [-0.4, -0.2) is 48.8 Å². The first kappa shape index (κ1) is 16.2. The number of halogens is 1. The molecule has 0 saturated carbocycles. The van der Waals surface area contributed by atoms with Gasteiger partial charge in [-0.3, -0.25) is 4.90 Å². The van der Waals surface area contributed by atoms with E-state index < -0.39 is 14.6 Å². The molecule has 0 aliphatic heterocycles. The van der Waals surface area contributed by atoms with E-state index >= 15 is 0 Å². The molecule has 0 radical (unpaired) electrons. The number of nitrogens with zero attached hydrogens (tertiary/aromatic N) is 1. The van der Waals surface area contributed by atoms with Crippen molar-refractivity contribution in [2.75, 3.05) is 25.2 Å². The molecule has 0 aromatic heterocycles. The predicted molar refractivity (Wildman–Crippen MR) is 71.0 cm³/mol. The molecule has 5 heteroatoms. The topological polar surface area (TPSA) is 37.4 Å². The summed E-state index contributed by atoms with van der Waals surface area (Å²) >= 11 is 5.84. The summed E-state index contributed by atoms with van der Waals surface area (Å²) in [6.45, 7) is 9.71. The fraction of sp³-hybridized carbons (Fsp3) is 1.00. The van der Waals surface area contributed by atoms with Gasteiger partial charge in [-0.05, 0) is 41.7 Å². The largest absolute Gasteiger partial charge is 0.299 e. The van der Waals surface area contributed by atoms with Gasteiger partial charge in [-0.1, -0.05) is 0 Å². The van der Waals surface area contributed by atoms with Crippen molar-refractivity contribution < 1.29 is 8.42 Å². The third-order valence-electron chi connectivity index (χ3n) is 2.99. The van der Waals surface area contributed by atoms with Gasteiger partial charge in [0.1, 0.15) is 0 Å². The van der Waals surface area contributed by atoms with Crippen LogP contribution in [0.2, 0.25) is 0 Å². The van der Waals surface area contributed by atoms with Crippen molar-refractivity contribution in [2.24, 2.45) is 0 Å². The minimum absolute atomic E-state index is 0.172. The van der Waals surface area contributed by atoms with Crippen LogP contribution in [0.1, 0.15) is 34.6 Å². The highest BCUT2D eigenvalue weighted by atomic mass is 35.5. The van der Waals surface area contributed by atoms with E-state index in [1.54, 1.807) is 20.8 Å². The summed E-state index contributed by atoms with van der Waals surface area (Å²) in [5.74, 6) is 0.659. The maximum absolute atomic E-state index is 11.9. The lowest BCUT2D eigenvalue weighted by atomic mass is 10.1. The zero-order chi connectivity index (χ0) is 13.2. The highest BCUT2D eigenvalue weighted by Gasteiger charge is 2.30. The van der Waals surface area contributed by atoms with Crippen molar-refractivity contribution in [1.29, 1.82) is 0 Å². The van der Waals surface area contributed by atoms with Gasteiger partial charge >= 0.3 is 0 Å². The molecular weight excluding hydrogens is 246 g/mol. The van der Waals surface area contributed by atoms with Crippen LogP contribution in [0.4, 0.5) is 0 Å². The summed E-state index contributed by atoms with van der Waals surface area (Å²) in [6, 6.07) is 0. The lowest BCUT2D eigenvalue weighted by Crippen LogP contribution is -2.46. The smallest absolute Gasteiger partial charge is 0.156 e. The molecule has 0 heterocycles. The highest BCUT2D eigenvalue weighted by molar-refractivity contribution is 7.92. The molecule has 0 aromatic rings. The van der Waals surface area contributed by atoms with Crippen molar-refractivity contribution in [3.8, 4) is 0 Å². The van der Waals surface area contributed by atoms with E-state index in [0.717, 1.165) is 0 Å². The molecule has 0 unspecified atom stereocenters. The number of sulfone groups is 1. The van der Waals surface area contributed by atoms with Gasteiger partial charge in [-0.25, -0.2) is 8.42 Å². The Kier molecular flexibility index (Phi) is 5.30. The number of alkyl halides is 1. The fourth-order valence-electron chi connectivity index (χ4n) is 0.968. The van der Waals surface area contributed by atoms with Gasteiger partial charge in [-0.2, -0.15) is 0 Å². The quantitative estimate of drug-likeness (QED) is 0.718. The Hall–Kier alpha value is 0.200. The number of hydrogen-bond acceptors (Lipinski definition) is 3. The first-order valence-corrected chi connectivity index (χ1v) is 7.62. The van der Waals surface area contributed by atoms with E-state index in [0.29, 0.717) is 12.4 Å². The second-order valence-electron chi connectivity index (χ2n) is 5.80. The van der Waals surface area contributed by atoms with Crippen LogP contribution in [0.3, 0.4) is 0 Å². The SMILES string of the molecule is CN(CCS(=O)(=O)C(C)(C)C)C(C)(C)CCl. The monoisotopic (exact) mass is 269 g/mol. The normalized spacial score (nSPS) is 14.5. The molecular formula is C11H24ClNO2S. The third kappa shape index (κ3) is 4.22. The molecule has 0 N–H and O–H groups in total. The molecule has 98 valence electrons. The fourth-order valence-corrected chi connectivity index (χ4v) is 2.30. The summed E-state index contributed by atoms with van der Waals surface area (Å²) < 4.78 is 23.1. The lowest BCUT2D eigenvalue weighted by molar-refractivity contribution is 0.189. The Bertz CT molecular complexity index is 317. The Balaban J connectivity index is 4.50. The maximum Gasteiger partial charge on any atom is 0.156 e. The van der Waals surface area contributed by atoms with Crippen molar-refractivity contribution in [3.05, 3.63) is 0 Å². The summed E-state index contributed by atoms with van der Waals surface area (Å²) in [6.07, 6.45) is 0. The molecule has 0 aromatic carbocycles. The maximum atomic E-state index is 11.9. The van der Waals surface area contributed by atoms with Crippen LogP contribution >= 0.6 is 11.6 Å². The summed E-state index contributed by atoms with van der Waals surface area (Å²) in [7, 11) is -1.14. The summed E-state index contributed by atoms with van der Waals surface area (Å²) in [5.41, 5.74) is -0.172. The van der Waals surface area contributed by atoms with E-state index in [4.69, 9.17) is 11.6 Å². The van der Waals surface area contributed by atoms with Gasteiger partial charge in [-0.15, -0.1) is 11.6 Å². The molecule has 0 aliphatic carbocycles. The van der Waals surface area contributed by atoms with Crippen LogP contribution in [0, 0.1) is 0 Å². The first-order chi connectivity index (χ1) is 6.94. The molecule has 0 fully saturated rings. The van der Waals surface area contributed by atoms with Gasteiger partial charge in [0.15, 0.2) is 9.84 Å². The van der Waals surface area contributed by atoms with Crippen LogP contribution in [0.15, 0.2) is 0 Å². The molecule has 0 amide bonds. The average molecular weight is 270 g/mol. The Labute approximate surface area is 105 Å². The van der Waals surface area contributed by atoms with E-state index in [1.165, 1.54) is 0 Å². The lowest BCUT2D eigenvalue weighted by Gasteiger charge is -2.34. The van der Waals surface area contributed by atoms with Crippen molar-refractivity contribution in [1.82, 2.24) is 4.90 Å². The zero-order valence-corrected chi connectivity index (χ0v) is 12.7. The average Bonchev–Trinajstić information content (AvgIpc) is 2.12. The minimum atomic E-state index is -3.05. The summed E-state index contributed by atoms with van der Waals surface area (Å²) in [4.78, 5) is 1.99. The molecule has 0 bridgehead atoms. The van der Waals surface area contributed by atoms with E-state index in [-0.39, 0.29) is 11.3 Å². The second-order valence-corrected chi connectivity index (χ2v) is 8.93. The van der Waals surface area contributed by atoms with E-state index in [9.17, 15) is 8.42 Å². The zero-order valence-electron chi connectivity index (χ0n) is 11.2. The second kappa shape index (κ2) is 5.23. The minimum Gasteiger partial charge on any atom is -0.299 e. The predicted octanol–water partition coefficient (Wildman–Crippen LogP) is 2.15. The Morgan fingerprint density at radius 3 is 1.88 bits per heavy atom. The third-order valence-corrected chi connectivity index (χ3v) is 6.23. The van der Waals surface area contributed by atoms with Crippen molar-refractivity contribution in [2.45, 2.75) is 44.9 Å². The molecule has 0 spiro atoms. The van der Waals surface area contributed by atoms with Crippen molar-refractivity contribution in [3.63, 3.8) is 0 Å². The highest BCUT2D eigenvalue weighted by Crippen LogP contribution is 2.18. The Morgan fingerprint density at radius 2 is 1.56 bits per heavy atom. The number of hydrogen-bond donors (Lipinski definition) is 0. The molecule has 0 atom stereocenters. The van der Waals surface area contributed by atoms with E-state index in [1.807, 2.05) is 25.8 Å². The molecule has 0 rings (SSSR count). The van der Waals surface area contributed by atoms with Gasteiger partial charge < -0.3 is 0 Å².